The molecule has 0 radical (unpaired) electrons. The highest BCUT2D eigenvalue weighted by Crippen LogP contribution is 2.31. The molecule has 0 bridgehead atoms. The highest BCUT2D eigenvalue weighted by molar-refractivity contribution is 9.10. The van der Waals surface area contributed by atoms with E-state index < -0.39 is 0 Å². The van der Waals surface area contributed by atoms with Gasteiger partial charge in [0.2, 0.25) is 0 Å². The van der Waals surface area contributed by atoms with Crippen LogP contribution in [0.25, 0.3) is 0 Å². The number of fused-ring (bicyclic) bond motifs is 1. The fourth-order valence-electron chi connectivity index (χ4n) is 2.15. The molecule has 0 saturated heterocycles. The summed E-state index contributed by atoms with van der Waals surface area (Å²) < 4.78 is 25.4. The highest BCUT2D eigenvalue weighted by Gasteiger charge is 2.24. The Morgan fingerprint density at radius 2 is 2.15 bits per heavy atom. The zero-order valence-electron chi connectivity index (χ0n) is 10.4. The lowest BCUT2D eigenvalue weighted by Crippen LogP contribution is -2.22. The van der Waals surface area contributed by atoms with E-state index in [2.05, 4.69) is 15.9 Å². The molecule has 0 spiro atoms. The van der Waals surface area contributed by atoms with Crippen molar-refractivity contribution in [2.75, 3.05) is 6.61 Å². The van der Waals surface area contributed by atoms with Crippen LogP contribution >= 0.6 is 27.5 Å². The van der Waals surface area contributed by atoms with Crippen molar-refractivity contribution in [1.82, 2.24) is 0 Å². The lowest BCUT2D eigenvalue weighted by atomic mass is 10.1. The van der Waals surface area contributed by atoms with E-state index in [9.17, 15) is 4.39 Å². The molecular formula is C15H11BrClFO2. The van der Waals surface area contributed by atoms with Crippen LogP contribution in [0.15, 0.2) is 40.9 Å². The van der Waals surface area contributed by atoms with Crippen LogP contribution in [-0.2, 0) is 6.42 Å². The second-order valence-electron chi connectivity index (χ2n) is 4.58. The maximum atomic E-state index is 13.1. The van der Waals surface area contributed by atoms with Crippen molar-refractivity contribution in [3.8, 4) is 11.5 Å². The summed E-state index contributed by atoms with van der Waals surface area (Å²) >= 11 is 9.42. The summed E-state index contributed by atoms with van der Waals surface area (Å²) in [5.74, 6) is 1.08. The third kappa shape index (κ3) is 2.91. The first-order valence-electron chi connectivity index (χ1n) is 6.15. The molecule has 0 saturated carbocycles. The Labute approximate surface area is 129 Å². The first-order valence-corrected chi connectivity index (χ1v) is 7.32. The number of hydrogen-bond acceptors (Lipinski definition) is 2. The minimum absolute atomic E-state index is 0.123. The van der Waals surface area contributed by atoms with Crippen molar-refractivity contribution in [2.45, 2.75) is 12.5 Å². The van der Waals surface area contributed by atoms with Crippen molar-refractivity contribution < 1.29 is 13.9 Å². The van der Waals surface area contributed by atoms with Gasteiger partial charge in [-0.3, -0.25) is 0 Å². The molecule has 2 aromatic rings. The van der Waals surface area contributed by atoms with Gasteiger partial charge in [-0.15, -0.1) is 0 Å². The third-order valence-corrected chi connectivity index (χ3v) is 3.89. The molecule has 20 heavy (non-hydrogen) atoms. The van der Waals surface area contributed by atoms with E-state index in [-0.39, 0.29) is 11.9 Å². The average Bonchev–Trinajstić information content (AvgIpc) is 2.81. The molecule has 1 heterocycles. The van der Waals surface area contributed by atoms with Crippen molar-refractivity contribution >= 4 is 27.5 Å². The second-order valence-corrected chi connectivity index (χ2v) is 5.90. The summed E-state index contributed by atoms with van der Waals surface area (Å²) in [4.78, 5) is 0. The minimum Gasteiger partial charge on any atom is -0.488 e. The van der Waals surface area contributed by atoms with Crippen molar-refractivity contribution in [3.63, 3.8) is 0 Å². The fraction of sp³-hybridized carbons (Fsp3) is 0.200. The van der Waals surface area contributed by atoms with Crippen LogP contribution in [0.1, 0.15) is 5.56 Å². The third-order valence-electron chi connectivity index (χ3n) is 3.08. The molecule has 1 atom stereocenters. The van der Waals surface area contributed by atoms with Gasteiger partial charge in [0, 0.05) is 16.5 Å². The summed E-state index contributed by atoms with van der Waals surface area (Å²) in [6.45, 7) is 0.368. The molecule has 0 N–H and O–H groups in total. The SMILES string of the molecule is Fc1ccc2c(c1)CC(COc1cc(Br)ccc1Cl)O2. The Hall–Kier alpha value is -1.26. The second kappa shape index (κ2) is 5.62. The molecule has 1 aliphatic rings. The molecular weight excluding hydrogens is 347 g/mol. The van der Waals surface area contributed by atoms with Gasteiger partial charge in [-0.2, -0.15) is 0 Å². The highest BCUT2D eigenvalue weighted by atomic mass is 79.9. The van der Waals surface area contributed by atoms with Gasteiger partial charge in [-0.05, 0) is 36.4 Å². The summed E-state index contributed by atoms with van der Waals surface area (Å²) in [5, 5.41) is 0.551. The maximum Gasteiger partial charge on any atom is 0.139 e. The summed E-state index contributed by atoms with van der Waals surface area (Å²) in [7, 11) is 0. The fourth-order valence-corrected chi connectivity index (χ4v) is 2.66. The number of ether oxygens (including phenoxy) is 2. The van der Waals surface area contributed by atoms with E-state index in [0.717, 1.165) is 15.8 Å². The molecule has 2 nitrogen and oxygen atoms in total. The topological polar surface area (TPSA) is 18.5 Å². The summed E-state index contributed by atoms with van der Waals surface area (Å²) in [6, 6.07) is 9.97. The maximum absolute atomic E-state index is 13.1. The van der Waals surface area contributed by atoms with Crippen LogP contribution in [-0.4, -0.2) is 12.7 Å². The monoisotopic (exact) mass is 356 g/mol. The molecule has 0 fully saturated rings. The lowest BCUT2D eigenvalue weighted by Gasteiger charge is -2.13. The van der Waals surface area contributed by atoms with E-state index in [4.69, 9.17) is 21.1 Å². The molecule has 104 valence electrons. The zero-order valence-corrected chi connectivity index (χ0v) is 12.7. The predicted molar refractivity (Wildman–Crippen MR) is 79.2 cm³/mol. The van der Waals surface area contributed by atoms with E-state index >= 15 is 0 Å². The number of benzene rings is 2. The molecule has 1 aliphatic heterocycles. The van der Waals surface area contributed by atoms with Gasteiger partial charge >= 0.3 is 0 Å². The van der Waals surface area contributed by atoms with Crippen LogP contribution in [0.4, 0.5) is 4.39 Å². The van der Waals surface area contributed by atoms with Crippen LogP contribution in [0, 0.1) is 5.82 Å². The van der Waals surface area contributed by atoms with E-state index in [1.807, 2.05) is 12.1 Å². The van der Waals surface area contributed by atoms with E-state index in [1.165, 1.54) is 12.1 Å². The van der Waals surface area contributed by atoms with Crippen LogP contribution in [0.3, 0.4) is 0 Å². The Morgan fingerprint density at radius 3 is 3.00 bits per heavy atom. The Balaban J connectivity index is 1.65. The first-order chi connectivity index (χ1) is 9.61. The van der Waals surface area contributed by atoms with Gasteiger partial charge in [0.05, 0.1) is 5.02 Å². The largest absolute Gasteiger partial charge is 0.488 e. The van der Waals surface area contributed by atoms with Gasteiger partial charge in [-0.25, -0.2) is 4.39 Å². The smallest absolute Gasteiger partial charge is 0.139 e. The molecule has 0 aliphatic carbocycles. The van der Waals surface area contributed by atoms with Crippen LogP contribution in [0.2, 0.25) is 5.02 Å². The van der Waals surface area contributed by atoms with Gasteiger partial charge in [0.15, 0.2) is 0 Å². The van der Waals surface area contributed by atoms with Crippen LogP contribution in [0.5, 0.6) is 11.5 Å². The molecule has 0 amide bonds. The number of hydrogen-bond donors (Lipinski definition) is 0. The number of halogens is 3. The van der Waals surface area contributed by atoms with E-state index in [1.54, 1.807) is 12.1 Å². The molecule has 5 heteroatoms. The lowest BCUT2D eigenvalue weighted by molar-refractivity contribution is 0.148. The van der Waals surface area contributed by atoms with Crippen molar-refractivity contribution in [3.05, 3.63) is 57.3 Å². The standard InChI is InChI=1S/C15H11BrClFO2/c16-10-1-3-13(17)15(7-10)19-8-12-6-9-5-11(18)2-4-14(9)20-12/h1-5,7,12H,6,8H2. The summed E-state index contributed by atoms with van der Waals surface area (Å²) in [6.07, 6.45) is 0.514. The molecule has 2 aromatic carbocycles. The number of rotatable bonds is 3. The Kier molecular flexibility index (Phi) is 3.85. The van der Waals surface area contributed by atoms with Gasteiger partial charge in [0.1, 0.15) is 30.0 Å². The molecule has 3 rings (SSSR count). The quantitative estimate of drug-likeness (QED) is 0.798. The van der Waals surface area contributed by atoms with Crippen molar-refractivity contribution in [2.24, 2.45) is 0 Å². The van der Waals surface area contributed by atoms with Crippen molar-refractivity contribution in [1.29, 1.82) is 0 Å². The zero-order chi connectivity index (χ0) is 14.1. The normalized spacial score (nSPS) is 16.6. The Morgan fingerprint density at radius 1 is 1.30 bits per heavy atom. The Bertz CT molecular complexity index is 648. The van der Waals surface area contributed by atoms with Gasteiger partial charge in [0.25, 0.3) is 0 Å². The predicted octanol–water partition coefficient (Wildman–Crippen LogP) is 4.62. The molecule has 0 aromatic heterocycles. The average molecular weight is 358 g/mol. The van der Waals surface area contributed by atoms with E-state index in [0.29, 0.717) is 23.8 Å². The minimum atomic E-state index is -0.246. The first kappa shape index (κ1) is 13.7. The summed E-state index contributed by atoms with van der Waals surface area (Å²) in [5.41, 5.74) is 0.874. The van der Waals surface area contributed by atoms with Gasteiger partial charge < -0.3 is 9.47 Å². The van der Waals surface area contributed by atoms with Crippen LogP contribution < -0.4 is 9.47 Å². The van der Waals surface area contributed by atoms with Gasteiger partial charge in [-0.1, -0.05) is 27.5 Å². The molecule has 1 unspecified atom stereocenters.